The Bertz CT molecular complexity index is 547. The predicted octanol–water partition coefficient (Wildman–Crippen LogP) is 2.00. The second kappa shape index (κ2) is 6.51. The summed E-state index contributed by atoms with van der Waals surface area (Å²) in [6, 6.07) is 4.79. The molecular weight excluding hydrogens is 346 g/mol. The fraction of sp³-hybridized carbons (Fsp3) is 0.300. The Morgan fingerprint density at radius 1 is 1.44 bits per heavy atom. The molecule has 0 aliphatic rings. The number of rotatable bonds is 6. The van der Waals surface area contributed by atoms with Crippen molar-refractivity contribution in [1.82, 2.24) is 4.72 Å². The van der Waals surface area contributed by atoms with E-state index in [0.717, 1.165) is 0 Å². The van der Waals surface area contributed by atoms with Crippen LogP contribution in [0.25, 0.3) is 0 Å². The first kappa shape index (κ1) is 15.4. The van der Waals surface area contributed by atoms with Crippen LogP contribution in [0, 0.1) is 0 Å². The van der Waals surface area contributed by atoms with Crippen molar-refractivity contribution in [1.29, 1.82) is 0 Å². The zero-order valence-electron chi connectivity index (χ0n) is 9.19. The van der Waals surface area contributed by atoms with Gasteiger partial charge < -0.3 is 5.11 Å². The van der Waals surface area contributed by atoms with E-state index in [1.807, 2.05) is 0 Å². The summed E-state index contributed by atoms with van der Waals surface area (Å²) in [5.41, 5.74) is 0.558. The fourth-order valence-corrected chi connectivity index (χ4v) is 3.39. The fourth-order valence-electron chi connectivity index (χ4n) is 1.21. The Hall–Kier alpha value is -0.630. The molecule has 1 aromatic rings. The molecule has 0 spiro atoms. The average molecular weight is 357 g/mol. The average Bonchev–Trinajstić information content (AvgIpc) is 2.21. The van der Waals surface area contributed by atoms with E-state index in [1.54, 1.807) is 18.2 Å². The van der Waals surface area contributed by atoms with Crippen molar-refractivity contribution in [3.05, 3.63) is 33.3 Å². The number of aliphatic carboxylic acids is 1. The van der Waals surface area contributed by atoms with Gasteiger partial charge in [-0.2, -0.15) is 0 Å². The lowest BCUT2D eigenvalue weighted by Crippen LogP contribution is -2.27. The minimum Gasteiger partial charge on any atom is -0.481 e. The molecule has 0 aliphatic carbocycles. The number of carboxylic acids is 1. The van der Waals surface area contributed by atoms with E-state index in [9.17, 15) is 13.2 Å². The molecule has 0 heterocycles. The van der Waals surface area contributed by atoms with Crippen LogP contribution in [0.1, 0.15) is 12.0 Å². The number of sulfonamides is 1. The molecule has 1 rings (SSSR count). The van der Waals surface area contributed by atoms with Gasteiger partial charge in [0.25, 0.3) is 0 Å². The lowest BCUT2D eigenvalue weighted by molar-refractivity contribution is -0.136. The summed E-state index contributed by atoms with van der Waals surface area (Å²) in [6.45, 7) is -0.122. The molecule has 8 heteroatoms. The highest BCUT2D eigenvalue weighted by Crippen LogP contribution is 2.22. The van der Waals surface area contributed by atoms with E-state index in [4.69, 9.17) is 16.7 Å². The largest absolute Gasteiger partial charge is 0.481 e. The third-order valence-electron chi connectivity index (χ3n) is 2.02. The molecule has 0 saturated carbocycles. The molecular formula is C10H11BrClNO4S. The van der Waals surface area contributed by atoms with Gasteiger partial charge in [-0.25, -0.2) is 13.1 Å². The van der Waals surface area contributed by atoms with Crippen LogP contribution < -0.4 is 4.72 Å². The van der Waals surface area contributed by atoms with Gasteiger partial charge in [0.2, 0.25) is 10.0 Å². The molecule has 1 aromatic carbocycles. The monoisotopic (exact) mass is 355 g/mol. The van der Waals surface area contributed by atoms with E-state index < -0.39 is 16.0 Å². The van der Waals surface area contributed by atoms with Crippen LogP contribution in [0.15, 0.2) is 22.7 Å². The van der Waals surface area contributed by atoms with Crippen LogP contribution in [0.5, 0.6) is 0 Å². The molecule has 18 heavy (non-hydrogen) atoms. The number of hydrogen-bond donors (Lipinski definition) is 2. The highest BCUT2D eigenvalue weighted by Gasteiger charge is 2.14. The van der Waals surface area contributed by atoms with Crippen LogP contribution in [-0.2, 0) is 20.6 Å². The number of hydrogen-bond acceptors (Lipinski definition) is 3. The standard InChI is InChI=1S/C10H11BrClNO4S/c11-9-5-8(12)2-1-7(9)6-18(16,17)13-4-3-10(14)15/h1-2,5,13H,3-4,6H2,(H,14,15). The second-order valence-corrected chi connectivity index (χ2v) is 6.63. The summed E-state index contributed by atoms with van der Waals surface area (Å²) < 4.78 is 26.1. The zero-order chi connectivity index (χ0) is 13.8. The molecule has 0 unspecified atom stereocenters. The number of carbonyl (C=O) groups is 1. The molecule has 0 aromatic heterocycles. The van der Waals surface area contributed by atoms with Gasteiger partial charge in [-0.05, 0) is 17.7 Å². The van der Waals surface area contributed by atoms with E-state index >= 15 is 0 Å². The van der Waals surface area contributed by atoms with Crippen LogP contribution in [-0.4, -0.2) is 26.0 Å². The molecule has 5 nitrogen and oxygen atoms in total. The van der Waals surface area contributed by atoms with Crippen molar-refractivity contribution in [2.75, 3.05) is 6.54 Å². The Morgan fingerprint density at radius 2 is 2.11 bits per heavy atom. The summed E-state index contributed by atoms with van der Waals surface area (Å²) in [5, 5.41) is 8.92. The maximum absolute atomic E-state index is 11.7. The first-order valence-corrected chi connectivity index (χ1v) is 7.75. The van der Waals surface area contributed by atoms with Crippen LogP contribution >= 0.6 is 27.5 Å². The molecule has 2 N–H and O–H groups in total. The minimum absolute atomic E-state index is 0.122. The van der Waals surface area contributed by atoms with Gasteiger partial charge in [0.05, 0.1) is 12.2 Å². The van der Waals surface area contributed by atoms with E-state index in [1.165, 1.54) is 0 Å². The minimum atomic E-state index is -3.55. The van der Waals surface area contributed by atoms with Crippen LogP contribution in [0.2, 0.25) is 5.02 Å². The summed E-state index contributed by atoms with van der Waals surface area (Å²) >= 11 is 8.97. The number of halogens is 2. The van der Waals surface area contributed by atoms with E-state index in [2.05, 4.69) is 20.7 Å². The molecule has 0 radical (unpaired) electrons. The Labute approximate surface area is 118 Å². The number of carboxylic acid groups (broad SMARTS) is 1. The number of benzene rings is 1. The summed E-state index contributed by atoms with van der Waals surface area (Å²) in [7, 11) is -3.55. The molecule has 0 saturated heterocycles. The van der Waals surface area contributed by atoms with Gasteiger partial charge in [-0.3, -0.25) is 4.79 Å². The Morgan fingerprint density at radius 3 is 2.67 bits per heavy atom. The zero-order valence-corrected chi connectivity index (χ0v) is 12.3. The van der Waals surface area contributed by atoms with Gasteiger partial charge in [0, 0.05) is 16.0 Å². The van der Waals surface area contributed by atoms with Crippen molar-refractivity contribution < 1.29 is 18.3 Å². The normalized spacial score (nSPS) is 11.4. The van der Waals surface area contributed by atoms with Crippen molar-refractivity contribution in [2.24, 2.45) is 0 Å². The Kier molecular flexibility index (Phi) is 5.58. The first-order chi connectivity index (χ1) is 8.30. The lowest BCUT2D eigenvalue weighted by Gasteiger charge is -2.07. The van der Waals surface area contributed by atoms with Crippen molar-refractivity contribution in [2.45, 2.75) is 12.2 Å². The van der Waals surface area contributed by atoms with Gasteiger partial charge in [0.1, 0.15) is 0 Å². The van der Waals surface area contributed by atoms with Gasteiger partial charge in [-0.15, -0.1) is 0 Å². The maximum atomic E-state index is 11.7. The molecule has 100 valence electrons. The van der Waals surface area contributed by atoms with Crippen LogP contribution in [0.3, 0.4) is 0 Å². The van der Waals surface area contributed by atoms with Crippen molar-refractivity contribution in [3.8, 4) is 0 Å². The molecule has 0 fully saturated rings. The van der Waals surface area contributed by atoms with Crippen molar-refractivity contribution in [3.63, 3.8) is 0 Å². The topological polar surface area (TPSA) is 83.5 Å². The number of nitrogens with one attached hydrogen (secondary N) is 1. The molecule has 0 amide bonds. The molecule has 0 aliphatic heterocycles. The third-order valence-corrected chi connectivity index (χ3v) is 4.33. The molecule has 0 bridgehead atoms. The quantitative estimate of drug-likeness (QED) is 0.816. The van der Waals surface area contributed by atoms with Gasteiger partial charge in [0.15, 0.2) is 0 Å². The second-order valence-electron chi connectivity index (χ2n) is 3.53. The Balaban J connectivity index is 2.67. The first-order valence-electron chi connectivity index (χ1n) is 4.93. The predicted molar refractivity (Wildman–Crippen MR) is 72.0 cm³/mol. The highest BCUT2D eigenvalue weighted by molar-refractivity contribution is 9.10. The van der Waals surface area contributed by atoms with E-state index in [-0.39, 0.29) is 18.7 Å². The third kappa shape index (κ3) is 5.34. The van der Waals surface area contributed by atoms with E-state index in [0.29, 0.717) is 15.1 Å². The van der Waals surface area contributed by atoms with Crippen LogP contribution in [0.4, 0.5) is 0 Å². The lowest BCUT2D eigenvalue weighted by atomic mass is 10.2. The maximum Gasteiger partial charge on any atom is 0.304 e. The SMILES string of the molecule is O=C(O)CCNS(=O)(=O)Cc1ccc(Cl)cc1Br. The summed E-state index contributed by atoms with van der Waals surface area (Å²) in [5.74, 6) is -1.28. The van der Waals surface area contributed by atoms with Gasteiger partial charge >= 0.3 is 5.97 Å². The van der Waals surface area contributed by atoms with Crippen molar-refractivity contribution >= 4 is 43.5 Å². The summed E-state index contributed by atoms with van der Waals surface area (Å²) in [6.07, 6.45) is -0.249. The highest BCUT2D eigenvalue weighted by atomic mass is 79.9. The summed E-state index contributed by atoms with van der Waals surface area (Å²) in [4.78, 5) is 10.3. The molecule has 0 atom stereocenters. The van der Waals surface area contributed by atoms with Gasteiger partial charge in [-0.1, -0.05) is 33.6 Å². The smallest absolute Gasteiger partial charge is 0.304 e.